The van der Waals surface area contributed by atoms with Crippen LogP contribution in [0.5, 0.6) is 0 Å². The fraction of sp³-hybridized carbons (Fsp3) is 0.889. The lowest BCUT2D eigenvalue weighted by Crippen LogP contribution is -2.45. The Morgan fingerprint density at radius 3 is 2.88 bits per heavy atom. The monoisotopic (exact) mass is 240 g/mol. The van der Waals surface area contributed by atoms with Crippen LogP contribution >= 0.6 is 0 Å². The fourth-order valence-electron chi connectivity index (χ4n) is 1.47. The van der Waals surface area contributed by atoms with Gasteiger partial charge in [-0.2, -0.15) is 13.2 Å². The number of nitrogens with one attached hydrogen (secondary N) is 1. The lowest BCUT2D eigenvalue weighted by molar-refractivity contribution is -0.123. The minimum atomic E-state index is -4.37. The summed E-state index contributed by atoms with van der Waals surface area (Å²) in [5, 5.41) is 1.85. The van der Waals surface area contributed by atoms with Crippen molar-refractivity contribution < 1.29 is 22.7 Å². The number of ether oxygens (including phenoxy) is 1. The van der Waals surface area contributed by atoms with E-state index in [9.17, 15) is 18.0 Å². The Morgan fingerprint density at radius 1 is 1.56 bits per heavy atom. The van der Waals surface area contributed by atoms with Crippen LogP contribution in [0.4, 0.5) is 18.0 Å². The normalized spacial score (nSPS) is 22.8. The number of halogens is 3. The third kappa shape index (κ3) is 4.69. The van der Waals surface area contributed by atoms with Gasteiger partial charge in [0.25, 0.3) is 0 Å². The van der Waals surface area contributed by atoms with Crippen LogP contribution in [0, 0.1) is 0 Å². The number of amides is 2. The molecule has 0 radical (unpaired) electrons. The minimum Gasteiger partial charge on any atom is -0.377 e. The van der Waals surface area contributed by atoms with Crippen molar-refractivity contribution in [3.63, 3.8) is 0 Å². The molecule has 0 saturated carbocycles. The molecular weight excluding hydrogens is 225 g/mol. The molecule has 1 N–H and O–H groups in total. The standard InChI is InChI=1S/C9H15F3N2O2/c1-7-5-14(3-2-4-16-7)8(15)13-6-9(10,11)12/h7H,2-6H2,1H3,(H,13,15). The number of rotatable bonds is 1. The molecule has 16 heavy (non-hydrogen) atoms. The summed E-state index contributed by atoms with van der Waals surface area (Å²) in [5.41, 5.74) is 0. The molecule has 0 aromatic heterocycles. The van der Waals surface area contributed by atoms with E-state index in [0.717, 1.165) is 0 Å². The number of hydrogen-bond donors (Lipinski definition) is 1. The van der Waals surface area contributed by atoms with Crippen molar-refractivity contribution in [2.45, 2.75) is 25.6 Å². The van der Waals surface area contributed by atoms with Gasteiger partial charge in [0.1, 0.15) is 6.54 Å². The van der Waals surface area contributed by atoms with E-state index in [1.54, 1.807) is 6.92 Å². The number of carbonyl (C=O) groups is 1. The van der Waals surface area contributed by atoms with Gasteiger partial charge in [-0.3, -0.25) is 0 Å². The fourth-order valence-corrected chi connectivity index (χ4v) is 1.47. The third-order valence-electron chi connectivity index (χ3n) is 2.18. The summed E-state index contributed by atoms with van der Waals surface area (Å²) in [6.07, 6.45) is -3.87. The highest BCUT2D eigenvalue weighted by Gasteiger charge is 2.29. The SMILES string of the molecule is CC1CN(C(=O)NCC(F)(F)F)CCCO1. The lowest BCUT2D eigenvalue weighted by atomic mass is 10.3. The molecule has 1 saturated heterocycles. The van der Waals surface area contributed by atoms with E-state index < -0.39 is 18.8 Å². The van der Waals surface area contributed by atoms with Crippen LogP contribution in [-0.2, 0) is 4.74 Å². The Hall–Kier alpha value is -0.980. The Morgan fingerprint density at radius 2 is 2.25 bits per heavy atom. The highest BCUT2D eigenvalue weighted by Crippen LogP contribution is 2.13. The van der Waals surface area contributed by atoms with E-state index in [1.165, 1.54) is 4.90 Å². The summed E-state index contributed by atoms with van der Waals surface area (Å²) >= 11 is 0. The first kappa shape index (κ1) is 13.1. The molecule has 4 nitrogen and oxygen atoms in total. The predicted molar refractivity (Wildman–Crippen MR) is 51.1 cm³/mol. The Kier molecular flexibility index (Phi) is 4.40. The lowest BCUT2D eigenvalue weighted by Gasteiger charge is -2.22. The van der Waals surface area contributed by atoms with Crippen molar-refractivity contribution in [2.24, 2.45) is 0 Å². The van der Waals surface area contributed by atoms with Gasteiger partial charge >= 0.3 is 12.2 Å². The minimum absolute atomic E-state index is 0.140. The van der Waals surface area contributed by atoms with Crippen LogP contribution in [-0.4, -0.2) is 49.5 Å². The first-order valence-corrected chi connectivity index (χ1v) is 5.09. The van der Waals surface area contributed by atoms with Crippen LogP contribution in [0.2, 0.25) is 0 Å². The zero-order valence-electron chi connectivity index (χ0n) is 9.01. The number of carbonyl (C=O) groups excluding carboxylic acids is 1. The summed E-state index contributed by atoms with van der Waals surface area (Å²) in [5.74, 6) is 0. The predicted octanol–water partition coefficient (Wildman–Crippen LogP) is 1.37. The van der Waals surface area contributed by atoms with E-state index in [2.05, 4.69) is 0 Å². The number of hydrogen-bond acceptors (Lipinski definition) is 2. The van der Waals surface area contributed by atoms with Gasteiger partial charge in [0, 0.05) is 19.7 Å². The van der Waals surface area contributed by atoms with Gasteiger partial charge in [-0.1, -0.05) is 0 Å². The number of nitrogens with zero attached hydrogens (tertiary/aromatic N) is 1. The number of urea groups is 1. The second kappa shape index (κ2) is 5.38. The molecular formula is C9H15F3N2O2. The van der Waals surface area contributed by atoms with Crippen LogP contribution < -0.4 is 5.32 Å². The maximum atomic E-state index is 11.9. The molecule has 1 aliphatic rings. The van der Waals surface area contributed by atoms with E-state index >= 15 is 0 Å². The molecule has 2 amide bonds. The van der Waals surface area contributed by atoms with Gasteiger partial charge in [-0.15, -0.1) is 0 Å². The van der Waals surface area contributed by atoms with E-state index in [0.29, 0.717) is 26.1 Å². The molecule has 1 aliphatic heterocycles. The van der Waals surface area contributed by atoms with E-state index in [4.69, 9.17) is 4.74 Å². The molecule has 1 unspecified atom stereocenters. The summed E-state index contributed by atoms with van der Waals surface area (Å²) in [6.45, 7) is 1.77. The van der Waals surface area contributed by atoms with Crippen LogP contribution in [0.15, 0.2) is 0 Å². The van der Waals surface area contributed by atoms with Crippen molar-refractivity contribution in [3.05, 3.63) is 0 Å². The highest BCUT2D eigenvalue weighted by atomic mass is 19.4. The van der Waals surface area contributed by atoms with Gasteiger partial charge in [0.2, 0.25) is 0 Å². The quantitative estimate of drug-likeness (QED) is 0.752. The van der Waals surface area contributed by atoms with Crippen molar-refractivity contribution in [2.75, 3.05) is 26.2 Å². The van der Waals surface area contributed by atoms with Gasteiger partial charge < -0.3 is 15.0 Å². The second-order valence-electron chi connectivity index (χ2n) is 3.75. The summed E-state index contributed by atoms with van der Waals surface area (Å²) < 4.78 is 40.9. The summed E-state index contributed by atoms with van der Waals surface area (Å²) in [4.78, 5) is 12.8. The molecule has 1 rings (SSSR count). The zero-order valence-corrected chi connectivity index (χ0v) is 9.01. The van der Waals surface area contributed by atoms with Crippen LogP contribution in [0.3, 0.4) is 0 Å². The summed E-state index contributed by atoms with van der Waals surface area (Å²) in [7, 11) is 0. The Balaban J connectivity index is 2.40. The molecule has 0 aromatic rings. The van der Waals surface area contributed by atoms with Crippen molar-refractivity contribution >= 4 is 6.03 Å². The maximum Gasteiger partial charge on any atom is 0.405 e. The zero-order chi connectivity index (χ0) is 12.2. The van der Waals surface area contributed by atoms with Gasteiger partial charge in [-0.25, -0.2) is 4.79 Å². The van der Waals surface area contributed by atoms with Gasteiger partial charge in [0.15, 0.2) is 0 Å². The van der Waals surface area contributed by atoms with Gasteiger partial charge in [0.05, 0.1) is 6.10 Å². The third-order valence-corrected chi connectivity index (χ3v) is 2.18. The second-order valence-corrected chi connectivity index (χ2v) is 3.75. The van der Waals surface area contributed by atoms with Crippen LogP contribution in [0.25, 0.3) is 0 Å². The topological polar surface area (TPSA) is 41.6 Å². The first-order valence-electron chi connectivity index (χ1n) is 5.09. The Labute approximate surface area is 91.7 Å². The maximum absolute atomic E-state index is 11.9. The molecule has 1 heterocycles. The van der Waals surface area contributed by atoms with Gasteiger partial charge in [-0.05, 0) is 13.3 Å². The van der Waals surface area contributed by atoms with Crippen LogP contribution in [0.1, 0.15) is 13.3 Å². The molecule has 7 heteroatoms. The highest BCUT2D eigenvalue weighted by molar-refractivity contribution is 5.74. The number of alkyl halides is 3. The summed E-state index contributed by atoms with van der Waals surface area (Å²) in [6, 6.07) is -0.685. The van der Waals surface area contributed by atoms with Crippen molar-refractivity contribution in [1.82, 2.24) is 10.2 Å². The van der Waals surface area contributed by atoms with E-state index in [-0.39, 0.29) is 6.10 Å². The first-order chi connectivity index (χ1) is 7.38. The molecule has 0 aromatic carbocycles. The molecule has 1 atom stereocenters. The largest absolute Gasteiger partial charge is 0.405 e. The molecule has 0 bridgehead atoms. The average Bonchev–Trinajstić information content (AvgIpc) is 2.38. The molecule has 0 aliphatic carbocycles. The average molecular weight is 240 g/mol. The molecule has 0 spiro atoms. The Bertz CT molecular complexity index is 245. The molecule has 94 valence electrons. The molecule has 1 fully saturated rings. The van der Waals surface area contributed by atoms with Crippen molar-refractivity contribution in [3.8, 4) is 0 Å². The van der Waals surface area contributed by atoms with E-state index in [1.807, 2.05) is 5.32 Å². The van der Waals surface area contributed by atoms with Crippen molar-refractivity contribution in [1.29, 1.82) is 0 Å². The smallest absolute Gasteiger partial charge is 0.377 e.